The van der Waals surface area contributed by atoms with Crippen molar-refractivity contribution in [2.45, 2.75) is 13.8 Å². The Morgan fingerprint density at radius 2 is 1.79 bits per heavy atom. The Kier molecular flexibility index (Phi) is 5.23. The molecule has 0 saturated heterocycles. The number of methoxy groups -OCH3 is 2. The first-order chi connectivity index (χ1) is 11.7. The lowest BCUT2D eigenvalue weighted by molar-refractivity contribution is 0.190. The molecule has 7 heteroatoms. The number of hydrogen-bond donors (Lipinski definition) is 0. The molecule has 0 aromatic carbocycles. The van der Waals surface area contributed by atoms with Crippen molar-refractivity contribution in [2.24, 2.45) is 0 Å². The van der Waals surface area contributed by atoms with Crippen molar-refractivity contribution in [2.75, 3.05) is 45.4 Å². The standard InChI is InChI=1S/C17H22N4O2S/c1-11-9-12(2)20-17-13(11)14-15(24-17)16(19-10-18-14)21(5-7-22-3)6-8-23-4/h9-10H,5-8H2,1-4H3. The minimum atomic E-state index is 0.635. The minimum Gasteiger partial charge on any atom is -0.383 e. The summed E-state index contributed by atoms with van der Waals surface area (Å²) in [7, 11) is 3.42. The van der Waals surface area contributed by atoms with Gasteiger partial charge in [0.05, 0.1) is 23.4 Å². The number of anilines is 1. The Bertz CT molecular complexity index is 841. The Hall–Kier alpha value is -1.83. The lowest BCUT2D eigenvalue weighted by atomic mass is 10.1. The fourth-order valence-corrected chi connectivity index (χ4v) is 4.12. The second-order valence-electron chi connectivity index (χ2n) is 5.71. The number of fused-ring (bicyclic) bond motifs is 3. The quantitative estimate of drug-likeness (QED) is 0.655. The molecule has 0 unspecified atom stereocenters. The van der Waals surface area contributed by atoms with Crippen molar-refractivity contribution < 1.29 is 9.47 Å². The molecule has 3 heterocycles. The van der Waals surface area contributed by atoms with E-state index in [0.29, 0.717) is 13.2 Å². The van der Waals surface area contributed by atoms with Crippen LogP contribution < -0.4 is 4.90 Å². The van der Waals surface area contributed by atoms with Crippen molar-refractivity contribution >= 4 is 37.6 Å². The van der Waals surface area contributed by atoms with Crippen LogP contribution in [0.4, 0.5) is 5.82 Å². The normalized spacial score (nSPS) is 11.5. The summed E-state index contributed by atoms with van der Waals surface area (Å²) in [5.74, 6) is 0.925. The Morgan fingerprint density at radius 3 is 2.46 bits per heavy atom. The zero-order valence-electron chi connectivity index (χ0n) is 14.5. The third-order valence-corrected chi connectivity index (χ3v) is 5.03. The highest BCUT2D eigenvalue weighted by Gasteiger charge is 2.18. The summed E-state index contributed by atoms with van der Waals surface area (Å²) in [6, 6.07) is 2.10. The predicted molar refractivity (Wildman–Crippen MR) is 98.2 cm³/mol. The number of hydrogen-bond acceptors (Lipinski definition) is 7. The fourth-order valence-electron chi connectivity index (χ4n) is 2.85. The van der Waals surface area contributed by atoms with Gasteiger partial charge in [-0.05, 0) is 25.5 Å². The average molecular weight is 346 g/mol. The van der Waals surface area contributed by atoms with Gasteiger partial charge in [-0.25, -0.2) is 15.0 Å². The molecule has 0 bridgehead atoms. The number of ether oxygens (including phenoxy) is 2. The van der Waals surface area contributed by atoms with Crippen LogP contribution >= 0.6 is 11.3 Å². The van der Waals surface area contributed by atoms with E-state index in [1.165, 1.54) is 5.56 Å². The van der Waals surface area contributed by atoms with E-state index in [0.717, 1.165) is 45.0 Å². The van der Waals surface area contributed by atoms with Crippen molar-refractivity contribution in [1.82, 2.24) is 15.0 Å². The lowest BCUT2D eigenvalue weighted by Crippen LogP contribution is -2.31. The highest BCUT2D eigenvalue weighted by molar-refractivity contribution is 7.26. The van der Waals surface area contributed by atoms with Crippen LogP contribution in [0.3, 0.4) is 0 Å². The molecule has 3 aromatic rings. The number of nitrogens with zero attached hydrogens (tertiary/aromatic N) is 4. The SMILES string of the molecule is COCCN(CCOC)c1ncnc2c1sc1nc(C)cc(C)c12. The highest BCUT2D eigenvalue weighted by atomic mass is 32.1. The summed E-state index contributed by atoms with van der Waals surface area (Å²) in [5.41, 5.74) is 3.20. The third kappa shape index (κ3) is 3.19. The molecule has 0 N–H and O–H groups in total. The first kappa shape index (κ1) is 17.0. The van der Waals surface area contributed by atoms with Crippen molar-refractivity contribution in [3.63, 3.8) is 0 Å². The molecular weight excluding hydrogens is 324 g/mol. The van der Waals surface area contributed by atoms with Gasteiger partial charge in [-0.3, -0.25) is 0 Å². The minimum absolute atomic E-state index is 0.635. The maximum absolute atomic E-state index is 5.24. The van der Waals surface area contributed by atoms with Crippen LogP contribution in [0.5, 0.6) is 0 Å². The smallest absolute Gasteiger partial charge is 0.150 e. The van der Waals surface area contributed by atoms with E-state index < -0.39 is 0 Å². The van der Waals surface area contributed by atoms with E-state index in [1.807, 2.05) is 6.92 Å². The molecule has 0 saturated carbocycles. The molecule has 3 aromatic heterocycles. The zero-order chi connectivity index (χ0) is 17.1. The van der Waals surface area contributed by atoms with E-state index in [9.17, 15) is 0 Å². The molecule has 0 spiro atoms. The molecule has 0 fully saturated rings. The van der Waals surface area contributed by atoms with Crippen LogP contribution in [0.15, 0.2) is 12.4 Å². The highest BCUT2D eigenvalue weighted by Crippen LogP contribution is 2.37. The summed E-state index contributed by atoms with van der Waals surface area (Å²) < 4.78 is 11.6. The number of rotatable bonds is 7. The van der Waals surface area contributed by atoms with Crippen molar-refractivity contribution in [3.05, 3.63) is 23.7 Å². The van der Waals surface area contributed by atoms with Gasteiger partial charge in [-0.15, -0.1) is 11.3 Å². The van der Waals surface area contributed by atoms with Crippen LogP contribution in [-0.4, -0.2) is 55.5 Å². The Balaban J connectivity index is 2.14. The van der Waals surface area contributed by atoms with E-state index in [2.05, 4.69) is 32.8 Å². The fraction of sp³-hybridized carbons (Fsp3) is 0.471. The van der Waals surface area contributed by atoms with Crippen molar-refractivity contribution in [3.8, 4) is 0 Å². The maximum Gasteiger partial charge on any atom is 0.150 e. The predicted octanol–water partition coefficient (Wildman–Crippen LogP) is 2.96. The van der Waals surface area contributed by atoms with Gasteiger partial charge in [-0.1, -0.05) is 0 Å². The van der Waals surface area contributed by atoms with E-state index in [-0.39, 0.29) is 0 Å². The molecule has 128 valence electrons. The van der Waals surface area contributed by atoms with Crippen LogP contribution in [0.1, 0.15) is 11.3 Å². The molecule has 0 aliphatic carbocycles. The van der Waals surface area contributed by atoms with Crippen LogP contribution in [-0.2, 0) is 9.47 Å². The molecule has 0 aliphatic rings. The molecule has 0 atom stereocenters. The van der Waals surface area contributed by atoms with Gasteiger partial charge in [0.2, 0.25) is 0 Å². The summed E-state index contributed by atoms with van der Waals surface area (Å²) in [5, 5.41) is 1.13. The monoisotopic (exact) mass is 346 g/mol. The molecule has 3 rings (SSSR count). The third-order valence-electron chi connectivity index (χ3n) is 3.96. The second-order valence-corrected chi connectivity index (χ2v) is 6.71. The molecule has 6 nitrogen and oxygen atoms in total. The summed E-state index contributed by atoms with van der Waals surface area (Å²) in [4.78, 5) is 17.0. The first-order valence-electron chi connectivity index (χ1n) is 7.90. The van der Waals surface area contributed by atoms with Gasteiger partial charge in [0.25, 0.3) is 0 Å². The largest absolute Gasteiger partial charge is 0.383 e. The van der Waals surface area contributed by atoms with E-state index in [1.54, 1.807) is 31.9 Å². The van der Waals surface area contributed by atoms with Gasteiger partial charge in [0.1, 0.15) is 17.0 Å². The number of aryl methyl sites for hydroxylation is 2. The Labute approximate surface area is 145 Å². The summed E-state index contributed by atoms with van der Waals surface area (Å²) >= 11 is 1.65. The average Bonchev–Trinajstić information content (AvgIpc) is 2.93. The topological polar surface area (TPSA) is 60.4 Å². The summed E-state index contributed by atoms with van der Waals surface area (Å²) in [6.07, 6.45) is 1.63. The van der Waals surface area contributed by atoms with Gasteiger partial charge in [-0.2, -0.15) is 0 Å². The van der Waals surface area contributed by atoms with Crippen LogP contribution in [0.25, 0.3) is 20.4 Å². The number of thiophene rings is 1. The molecule has 0 radical (unpaired) electrons. The van der Waals surface area contributed by atoms with Crippen molar-refractivity contribution in [1.29, 1.82) is 0 Å². The number of aromatic nitrogens is 3. The van der Waals surface area contributed by atoms with Gasteiger partial charge in [0.15, 0.2) is 0 Å². The molecule has 0 amide bonds. The van der Waals surface area contributed by atoms with Crippen LogP contribution in [0, 0.1) is 13.8 Å². The van der Waals surface area contributed by atoms with Gasteiger partial charge < -0.3 is 14.4 Å². The molecule has 0 aliphatic heterocycles. The van der Waals surface area contributed by atoms with Gasteiger partial charge >= 0.3 is 0 Å². The zero-order valence-corrected chi connectivity index (χ0v) is 15.3. The second kappa shape index (κ2) is 7.38. The molecular formula is C17H22N4O2S. The van der Waals surface area contributed by atoms with E-state index >= 15 is 0 Å². The first-order valence-corrected chi connectivity index (χ1v) is 8.71. The van der Waals surface area contributed by atoms with Crippen LogP contribution in [0.2, 0.25) is 0 Å². The summed E-state index contributed by atoms with van der Waals surface area (Å²) in [6.45, 7) is 6.91. The van der Waals surface area contributed by atoms with E-state index in [4.69, 9.17) is 9.47 Å². The lowest BCUT2D eigenvalue weighted by Gasteiger charge is -2.23. The maximum atomic E-state index is 5.24. The van der Waals surface area contributed by atoms with Gasteiger partial charge in [0, 0.05) is 38.4 Å². The molecule has 24 heavy (non-hydrogen) atoms. The Morgan fingerprint density at radius 1 is 1.08 bits per heavy atom. The number of pyridine rings is 1.